The SMILES string of the molecule is CCCC(=O)c1ccc(CC)cc1.CCCCC1CCC(CCC)N(C)C1.CCCCC1CCC(CCC)N1.CCCCCC1CCCC(CCC)N1.CCCCCCc1ccc(CC)cc1.CCCCOc1ccc(CC)cc1.CCCCOc1ccc(CCC)cc1.CCCCc1ccc(CCCC)c(OC)c1.CCCOc1ccccc1OCCC. The number of hydrogen-bond donors (Lipinski definition) is 2. The summed E-state index contributed by atoms with van der Waals surface area (Å²) in [4.78, 5) is 14.0. The largest absolute Gasteiger partial charge is 0.496 e. The van der Waals surface area contributed by atoms with Gasteiger partial charge in [-0.3, -0.25) is 4.79 Å². The van der Waals surface area contributed by atoms with Gasteiger partial charge in [-0.1, -0.05) is 344 Å². The minimum absolute atomic E-state index is 0.255. The average molecular weight is 1720 g/mol. The molecule has 0 radical (unpaired) electrons. The van der Waals surface area contributed by atoms with Crippen molar-refractivity contribution in [3.05, 3.63) is 184 Å². The highest BCUT2D eigenvalue weighted by atomic mass is 16.5. The second-order valence-electron chi connectivity index (χ2n) is 35.3. The zero-order valence-electron chi connectivity index (χ0n) is 84.4. The Labute approximate surface area is 767 Å². The molecule has 6 aromatic carbocycles. The van der Waals surface area contributed by atoms with Crippen LogP contribution in [0.15, 0.2) is 140 Å². The molecule has 3 aliphatic heterocycles. The molecule has 0 aromatic heterocycles. The van der Waals surface area contributed by atoms with Crippen LogP contribution in [0.4, 0.5) is 0 Å². The highest BCUT2D eigenvalue weighted by molar-refractivity contribution is 5.96. The molecule has 0 amide bonds. The molecule has 2 N–H and O–H groups in total. The van der Waals surface area contributed by atoms with Crippen LogP contribution in [0.5, 0.6) is 28.7 Å². The van der Waals surface area contributed by atoms with E-state index in [-0.39, 0.29) is 5.78 Å². The number of ketones is 1. The highest BCUT2D eigenvalue weighted by Gasteiger charge is 2.25. The van der Waals surface area contributed by atoms with E-state index in [2.05, 4.69) is 231 Å². The molecule has 706 valence electrons. The Kier molecular flexibility index (Phi) is 76.0. The lowest BCUT2D eigenvalue weighted by Crippen LogP contribution is -2.42. The van der Waals surface area contributed by atoms with Crippen molar-refractivity contribution in [1.82, 2.24) is 15.5 Å². The third-order valence-electron chi connectivity index (χ3n) is 23.9. The predicted molar refractivity (Wildman–Crippen MR) is 546 cm³/mol. The zero-order chi connectivity index (χ0) is 91.1. The number of rotatable bonds is 50. The number of carbonyl (C=O) groups excluding carboxylic acids is 1. The van der Waals surface area contributed by atoms with Gasteiger partial charge in [-0.25, -0.2) is 0 Å². The number of para-hydroxylation sites is 2. The second-order valence-corrected chi connectivity index (χ2v) is 35.3. The normalized spacial score (nSPS) is 16.2. The van der Waals surface area contributed by atoms with Crippen LogP contribution in [0, 0.1) is 5.92 Å². The first-order valence-corrected chi connectivity index (χ1v) is 51.9. The Balaban J connectivity index is 0.000000698. The number of benzene rings is 6. The van der Waals surface area contributed by atoms with Crippen molar-refractivity contribution >= 4 is 5.78 Å². The number of unbranched alkanes of at least 4 members (excludes halogenated alkanes) is 11. The summed E-state index contributed by atoms with van der Waals surface area (Å²) in [6.07, 6.45) is 60.1. The summed E-state index contributed by atoms with van der Waals surface area (Å²) in [5.74, 6) is 6.01. The van der Waals surface area contributed by atoms with Gasteiger partial charge in [-0.2, -0.15) is 0 Å². The Morgan fingerprint density at radius 2 is 0.758 bits per heavy atom. The van der Waals surface area contributed by atoms with Crippen molar-refractivity contribution in [3.8, 4) is 28.7 Å². The van der Waals surface area contributed by atoms with E-state index in [1.165, 1.54) is 277 Å². The molecule has 6 atom stereocenters. The summed E-state index contributed by atoms with van der Waals surface area (Å²) < 4.78 is 27.7. The molecule has 9 heteroatoms. The van der Waals surface area contributed by atoms with Gasteiger partial charge in [-0.15, -0.1) is 0 Å². The van der Waals surface area contributed by atoms with E-state index < -0.39 is 0 Å². The number of nitrogens with zero attached hydrogens (tertiary/aromatic N) is 1. The van der Waals surface area contributed by atoms with Crippen molar-refractivity contribution in [1.29, 1.82) is 0 Å². The van der Waals surface area contributed by atoms with Crippen molar-refractivity contribution in [2.75, 3.05) is 47.1 Å². The maximum absolute atomic E-state index is 11.4. The number of Topliss-reactive ketones (excluding diaryl/α,β-unsaturated/α-hetero) is 1. The van der Waals surface area contributed by atoms with Crippen LogP contribution in [-0.4, -0.2) is 88.0 Å². The van der Waals surface area contributed by atoms with Gasteiger partial charge in [0.15, 0.2) is 17.3 Å². The first-order valence-electron chi connectivity index (χ1n) is 51.9. The van der Waals surface area contributed by atoms with Crippen LogP contribution in [0.25, 0.3) is 0 Å². The van der Waals surface area contributed by atoms with Crippen LogP contribution in [-0.2, 0) is 44.9 Å². The molecular weight excluding hydrogens is 1520 g/mol. The molecule has 3 fully saturated rings. The number of nitrogens with one attached hydrogen (secondary N) is 2. The van der Waals surface area contributed by atoms with Crippen molar-refractivity contribution in [2.24, 2.45) is 5.92 Å². The summed E-state index contributed by atoms with van der Waals surface area (Å²) in [7, 11) is 4.09. The molecule has 0 aliphatic carbocycles. The Morgan fingerprint density at radius 3 is 1.23 bits per heavy atom. The Morgan fingerprint density at radius 1 is 0.331 bits per heavy atom. The highest BCUT2D eigenvalue weighted by Crippen LogP contribution is 2.30. The monoisotopic (exact) mass is 1710 g/mol. The van der Waals surface area contributed by atoms with Crippen LogP contribution < -0.4 is 34.3 Å². The number of aryl methyl sites for hydroxylation is 7. The minimum Gasteiger partial charge on any atom is -0.496 e. The zero-order valence-corrected chi connectivity index (χ0v) is 84.4. The lowest BCUT2D eigenvalue weighted by molar-refractivity contribution is 0.0981. The van der Waals surface area contributed by atoms with Gasteiger partial charge >= 0.3 is 0 Å². The van der Waals surface area contributed by atoms with Crippen LogP contribution in [0.1, 0.15) is 431 Å². The number of piperidine rings is 2. The van der Waals surface area contributed by atoms with Gasteiger partial charge in [0.25, 0.3) is 0 Å². The molecule has 124 heavy (non-hydrogen) atoms. The number of methoxy groups -OCH3 is 1. The number of likely N-dealkylation sites (tertiary alicyclic amines) is 1. The van der Waals surface area contributed by atoms with Crippen molar-refractivity contribution in [3.63, 3.8) is 0 Å². The summed E-state index contributed by atoms with van der Waals surface area (Å²) in [5.41, 5.74) is 10.6. The lowest BCUT2D eigenvalue weighted by Gasteiger charge is -2.37. The van der Waals surface area contributed by atoms with Crippen LogP contribution in [0.3, 0.4) is 0 Å². The fourth-order valence-electron chi connectivity index (χ4n) is 16.0. The van der Waals surface area contributed by atoms with E-state index in [4.69, 9.17) is 23.7 Å². The topological polar surface area (TPSA) is 90.5 Å². The maximum Gasteiger partial charge on any atom is 0.162 e. The molecule has 3 heterocycles. The van der Waals surface area contributed by atoms with Crippen molar-refractivity contribution < 1.29 is 28.5 Å². The fraction of sp³-hybridized carbons (Fsp3) is 0.678. The molecule has 3 aliphatic rings. The van der Waals surface area contributed by atoms with Crippen LogP contribution in [0.2, 0.25) is 0 Å². The molecular formula is C115H195N3O6. The standard InChI is InChI=1S/C15H24O.C14H22.2C13H27N.C13H20O.C12H18O2.C12H18O.C12H16O.C11H23N/c1-4-6-8-13-10-11-14(9-7-5-2)15(12-13)16-3;1-3-5-6-7-8-14-11-9-13(4-2)10-12-14;1-4-6-8-12-9-10-13(7-5-2)14(3)11-12;1-3-5-6-9-13-11-7-10-12(14-13)8-4-2;1-3-5-11-14-13-9-7-12(6-4-2)8-10-13;1-3-9-13-11-7-5-6-8-12(11)14-10-4-2;1-3-5-10-13-12-8-6-11(4-2)7-9-12;1-3-5-12(13)11-8-6-10(4-2)7-9-11;1-3-5-7-11-9-8-10(12-11)6-4-2/h10-12H,4-9H2,1-3H3;9-12H,3-8H2,1-2H3;12-13H,4-11H2,1-3H3;12-14H,3-11H2,1-2H3;7-10H,3-6,11H2,1-2H3;5-8H,3-4,9-10H2,1-2H3;6-9H,3-5,10H2,1-2H3;6-9H,3-5H2,1-2H3;10-12H,3-9H2,1-2H3. The van der Waals surface area contributed by atoms with Gasteiger partial charge in [-0.05, 0) is 268 Å². The average Bonchev–Trinajstić information content (AvgIpc) is 1.18. The Hall–Kier alpha value is -6.13. The molecule has 9 rings (SSSR count). The van der Waals surface area contributed by atoms with Gasteiger partial charge in [0.2, 0.25) is 0 Å². The fourth-order valence-corrected chi connectivity index (χ4v) is 16.0. The van der Waals surface area contributed by atoms with E-state index in [0.29, 0.717) is 6.42 Å². The molecule has 0 bridgehead atoms. The molecule has 6 aromatic rings. The van der Waals surface area contributed by atoms with Gasteiger partial charge < -0.3 is 39.2 Å². The van der Waals surface area contributed by atoms with E-state index in [9.17, 15) is 4.79 Å². The van der Waals surface area contributed by atoms with E-state index in [1.54, 1.807) is 7.11 Å². The summed E-state index contributed by atoms with van der Waals surface area (Å²) in [6, 6.07) is 52.6. The molecule has 0 spiro atoms. The van der Waals surface area contributed by atoms with Gasteiger partial charge in [0, 0.05) is 48.7 Å². The smallest absolute Gasteiger partial charge is 0.162 e. The quantitative estimate of drug-likeness (QED) is 0.0286. The minimum atomic E-state index is 0.255. The number of hydrogen-bond acceptors (Lipinski definition) is 9. The second kappa shape index (κ2) is 81.4. The number of ether oxygens (including phenoxy) is 5. The first-order chi connectivity index (χ1) is 60.6. The lowest BCUT2D eigenvalue weighted by atomic mass is 9.88. The summed E-state index contributed by atoms with van der Waals surface area (Å²) >= 11 is 0. The van der Waals surface area contributed by atoms with Crippen molar-refractivity contribution in [2.45, 2.75) is 457 Å². The third-order valence-corrected chi connectivity index (χ3v) is 23.9. The Bertz CT molecular complexity index is 3270. The predicted octanol–water partition coefficient (Wildman–Crippen LogP) is 33.2. The van der Waals surface area contributed by atoms with E-state index in [0.717, 1.165) is 161 Å². The molecule has 0 saturated carbocycles. The summed E-state index contributed by atoms with van der Waals surface area (Å²) in [6.45, 7) is 44.2. The van der Waals surface area contributed by atoms with E-state index >= 15 is 0 Å². The van der Waals surface area contributed by atoms with E-state index in [1.807, 2.05) is 55.5 Å². The molecule has 6 unspecified atom stereocenters. The third kappa shape index (κ3) is 58.4. The van der Waals surface area contributed by atoms with Crippen LogP contribution >= 0.6 is 0 Å². The number of carbonyl (C=O) groups is 1. The molecule has 3 saturated heterocycles. The van der Waals surface area contributed by atoms with Gasteiger partial charge in [0.05, 0.1) is 33.5 Å². The summed E-state index contributed by atoms with van der Waals surface area (Å²) in [5, 5.41) is 7.54. The maximum atomic E-state index is 11.4. The molecule has 9 nitrogen and oxygen atoms in total. The first kappa shape index (κ1) is 116. The van der Waals surface area contributed by atoms with Gasteiger partial charge in [0.1, 0.15) is 17.2 Å².